The van der Waals surface area contributed by atoms with Crippen LogP contribution in [-0.2, 0) is 0 Å². The van der Waals surface area contributed by atoms with Crippen molar-refractivity contribution in [3.8, 4) is 0 Å². The summed E-state index contributed by atoms with van der Waals surface area (Å²) >= 11 is 0. The molecule has 4 rings (SSSR count). The van der Waals surface area contributed by atoms with Crippen molar-refractivity contribution < 1.29 is 4.39 Å². The predicted molar refractivity (Wildman–Crippen MR) is 97.4 cm³/mol. The third-order valence-corrected chi connectivity index (χ3v) is 4.27. The van der Waals surface area contributed by atoms with E-state index in [1.54, 1.807) is 24.5 Å². The van der Waals surface area contributed by atoms with Gasteiger partial charge in [0.05, 0.1) is 11.4 Å². The summed E-state index contributed by atoms with van der Waals surface area (Å²) in [6, 6.07) is 10.3. The number of nitrogens with zero attached hydrogens (tertiary/aromatic N) is 4. The molecule has 124 valence electrons. The van der Waals surface area contributed by atoms with Crippen molar-refractivity contribution in [3.05, 3.63) is 83.2 Å². The van der Waals surface area contributed by atoms with E-state index in [-0.39, 0.29) is 5.82 Å². The molecule has 1 aromatic carbocycles. The molecule has 0 spiro atoms. The molecule has 1 aromatic heterocycles. The lowest BCUT2D eigenvalue weighted by molar-refractivity contribution is 0.511. The quantitative estimate of drug-likeness (QED) is 0.819. The Balaban J connectivity index is 1.89. The van der Waals surface area contributed by atoms with E-state index in [0.29, 0.717) is 0 Å². The molecule has 0 amide bonds. The SMILES string of the molecule is CC1=C2N=C(c3ccc(F)cc3)C=C(c3ccncc3)N2N=CCC1. The third-order valence-electron chi connectivity index (χ3n) is 4.27. The standard InChI is InChI=1S/C20H17FN4/c1-14-3-2-10-23-25-19(16-8-11-22-12-9-16)13-18(24-20(14)25)15-4-6-17(21)7-5-15/h4-13H,2-3H2,1H3. The van der Waals surface area contributed by atoms with Crippen LogP contribution in [0.25, 0.3) is 5.70 Å². The Morgan fingerprint density at radius 2 is 1.76 bits per heavy atom. The van der Waals surface area contributed by atoms with Gasteiger partial charge in [-0.15, -0.1) is 0 Å². The number of benzene rings is 1. The molecule has 0 fully saturated rings. The molecule has 0 N–H and O–H groups in total. The predicted octanol–water partition coefficient (Wildman–Crippen LogP) is 4.38. The Morgan fingerprint density at radius 3 is 2.52 bits per heavy atom. The van der Waals surface area contributed by atoms with Crippen LogP contribution in [0, 0.1) is 5.82 Å². The number of hydrogen-bond donors (Lipinski definition) is 0. The van der Waals surface area contributed by atoms with Gasteiger partial charge >= 0.3 is 0 Å². The first kappa shape index (κ1) is 15.4. The first-order chi connectivity index (χ1) is 12.2. The number of halogens is 1. The van der Waals surface area contributed by atoms with Crippen LogP contribution in [0.1, 0.15) is 30.9 Å². The molecule has 4 nitrogen and oxygen atoms in total. The monoisotopic (exact) mass is 332 g/mol. The Hall–Kier alpha value is -3.08. The summed E-state index contributed by atoms with van der Waals surface area (Å²) in [7, 11) is 0. The first-order valence-electron chi connectivity index (χ1n) is 8.21. The lowest BCUT2D eigenvalue weighted by Gasteiger charge is -2.27. The minimum atomic E-state index is -0.255. The van der Waals surface area contributed by atoms with Crippen LogP contribution in [0.5, 0.6) is 0 Å². The second kappa shape index (κ2) is 6.43. The number of aliphatic imine (C=N–C) groups is 1. The van der Waals surface area contributed by atoms with E-state index in [0.717, 1.165) is 41.2 Å². The van der Waals surface area contributed by atoms with Gasteiger partial charge in [-0.3, -0.25) is 4.98 Å². The van der Waals surface area contributed by atoms with Gasteiger partial charge in [-0.1, -0.05) is 0 Å². The van der Waals surface area contributed by atoms with Gasteiger partial charge in [-0.2, -0.15) is 5.10 Å². The molecular formula is C20H17FN4. The molecular weight excluding hydrogens is 315 g/mol. The van der Waals surface area contributed by atoms with Crippen molar-refractivity contribution in [1.82, 2.24) is 9.99 Å². The summed E-state index contributed by atoms with van der Waals surface area (Å²) in [6.07, 6.45) is 9.23. The van der Waals surface area contributed by atoms with Crippen molar-refractivity contribution >= 4 is 17.6 Å². The zero-order chi connectivity index (χ0) is 17.2. The van der Waals surface area contributed by atoms with Crippen LogP contribution in [0.4, 0.5) is 4.39 Å². The van der Waals surface area contributed by atoms with Gasteiger partial charge in [0, 0.05) is 29.7 Å². The van der Waals surface area contributed by atoms with E-state index >= 15 is 0 Å². The topological polar surface area (TPSA) is 40.9 Å². The second-order valence-corrected chi connectivity index (χ2v) is 6.02. The highest BCUT2D eigenvalue weighted by Gasteiger charge is 2.24. The molecule has 0 atom stereocenters. The lowest BCUT2D eigenvalue weighted by atomic mass is 10.0. The number of hydrogen-bond acceptors (Lipinski definition) is 4. The molecule has 0 unspecified atom stereocenters. The molecule has 0 bridgehead atoms. The molecule has 5 heteroatoms. The fraction of sp³-hybridized carbons (Fsp3) is 0.150. The van der Waals surface area contributed by atoms with Gasteiger partial charge in [-0.05, 0) is 67.8 Å². The van der Waals surface area contributed by atoms with Crippen LogP contribution >= 0.6 is 0 Å². The number of rotatable bonds is 2. The van der Waals surface area contributed by atoms with Crippen molar-refractivity contribution in [1.29, 1.82) is 0 Å². The summed E-state index contributed by atoms with van der Waals surface area (Å²) in [6.45, 7) is 2.08. The smallest absolute Gasteiger partial charge is 0.153 e. The maximum Gasteiger partial charge on any atom is 0.153 e. The molecule has 0 saturated heterocycles. The van der Waals surface area contributed by atoms with Gasteiger partial charge < -0.3 is 0 Å². The van der Waals surface area contributed by atoms with Crippen LogP contribution in [0.2, 0.25) is 0 Å². The fourth-order valence-corrected chi connectivity index (χ4v) is 2.92. The zero-order valence-electron chi connectivity index (χ0n) is 13.9. The Kier molecular flexibility index (Phi) is 3.98. The van der Waals surface area contributed by atoms with Crippen LogP contribution in [-0.4, -0.2) is 21.9 Å². The van der Waals surface area contributed by atoms with Gasteiger partial charge in [0.15, 0.2) is 5.82 Å². The molecule has 0 saturated carbocycles. The van der Waals surface area contributed by atoms with E-state index in [4.69, 9.17) is 4.99 Å². The van der Waals surface area contributed by atoms with E-state index in [1.807, 2.05) is 29.4 Å². The molecule has 2 aliphatic heterocycles. The molecule has 25 heavy (non-hydrogen) atoms. The molecule has 3 heterocycles. The molecule has 0 aliphatic carbocycles. The highest BCUT2D eigenvalue weighted by molar-refractivity contribution is 6.13. The third kappa shape index (κ3) is 3.01. The highest BCUT2D eigenvalue weighted by atomic mass is 19.1. The summed E-state index contributed by atoms with van der Waals surface area (Å²) in [5.74, 6) is 0.581. The molecule has 2 aliphatic rings. The first-order valence-corrected chi connectivity index (χ1v) is 8.21. The van der Waals surface area contributed by atoms with Crippen molar-refractivity contribution in [2.45, 2.75) is 19.8 Å². The Bertz CT molecular complexity index is 908. The average Bonchev–Trinajstić information content (AvgIpc) is 2.84. The Labute approximate surface area is 145 Å². The maximum atomic E-state index is 13.3. The number of aromatic nitrogens is 1. The minimum absolute atomic E-state index is 0.255. The summed E-state index contributed by atoms with van der Waals surface area (Å²) in [5.41, 5.74) is 4.80. The van der Waals surface area contributed by atoms with Gasteiger partial charge in [0.2, 0.25) is 0 Å². The van der Waals surface area contributed by atoms with Crippen LogP contribution < -0.4 is 0 Å². The van der Waals surface area contributed by atoms with Gasteiger partial charge in [0.25, 0.3) is 0 Å². The number of fused-ring (bicyclic) bond motifs is 1. The molecule has 2 aromatic rings. The van der Waals surface area contributed by atoms with Crippen molar-refractivity contribution in [2.75, 3.05) is 0 Å². The maximum absolute atomic E-state index is 13.3. The Morgan fingerprint density at radius 1 is 1.00 bits per heavy atom. The van der Waals surface area contributed by atoms with Gasteiger partial charge in [-0.25, -0.2) is 14.4 Å². The van der Waals surface area contributed by atoms with Crippen molar-refractivity contribution in [2.24, 2.45) is 10.1 Å². The number of pyridine rings is 1. The van der Waals surface area contributed by atoms with E-state index in [1.165, 1.54) is 17.7 Å². The highest BCUT2D eigenvalue weighted by Crippen LogP contribution is 2.33. The fourth-order valence-electron chi connectivity index (χ4n) is 2.92. The van der Waals surface area contributed by atoms with E-state index in [2.05, 4.69) is 17.0 Å². The van der Waals surface area contributed by atoms with E-state index in [9.17, 15) is 4.39 Å². The lowest BCUT2D eigenvalue weighted by Crippen LogP contribution is -2.21. The van der Waals surface area contributed by atoms with E-state index < -0.39 is 0 Å². The zero-order valence-corrected chi connectivity index (χ0v) is 13.9. The number of hydrazone groups is 1. The average molecular weight is 332 g/mol. The normalized spacial score (nSPS) is 17.0. The molecule has 0 radical (unpaired) electrons. The largest absolute Gasteiger partial charge is 0.265 e. The summed E-state index contributed by atoms with van der Waals surface area (Å²) in [5, 5.41) is 6.47. The van der Waals surface area contributed by atoms with Gasteiger partial charge in [0.1, 0.15) is 5.82 Å². The van der Waals surface area contributed by atoms with Crippen LogP contribution in [0.15, 0.2) is 76.4 Å². The van der Waals surface area contributed by atoms with Crippen LogP contribution in [0.3, 0.4) is 0 Å². The summed E-state index contributed by atoms with van der Waals surface area (Å²) < 4.78 is 13.3. The number of allylic oxidation sites excluding steroid dienone is 2. The summed E-state index contributed by atoms with van der Waals surface area (Å²) in [4.78, 5) is 8.91. The second-order valence-electron chi connectivity index (χ2n) is 6.02. The minimum Gasteiger partial charge on any atom is -0.265 e. The van der Waals surface area contributed by atoms with Crippen molar-refractivity contribution in [3.63, 3.8) is 0 Å².